The van der Waals surface area contributed by atoms with Gasteiger partial charge in [0.1, 0.15) is 11.6 Å². The van der Waals surface area contributed by atoms with E-state index >= 15 is 0 Å². The lowest BCUT2D eigenvalue weighted by Gasteiger charge is -2.12. The molecule has 6 heteroatoms. The monoisotopic (exact) mass is 320 g/mol. The molecule has 0 saturated heterocycles. The Labute approximate surface area is 132 Å². The second-order valence-corrected chi connectivity index (χ2v) is 4.85. The topological polar surface area (TPSA) is 50.7 Å². The van der Waals surface area contributed by atoms with Gasteiger partial charge < -0.3 is 4.74 Å². The molecular formula is C16H14ClFN2O2. The second-order valence-electron chi connectivity index (χ2n) is 4.44. The van der Waals surface area contributed by atoms with Crippen LogP contribution in [0.15, 0.2) is 53.6 Å². The van der Waals surface area contributed by atoms with E-state index in [0.717, 1.165) is 6.21 Å². The molecule has 0 aliphatic heterocycles. The predicted octanol–water partition coefficient (Wildman–Crippen LogP) is 3.40. The molecule has 0 saturated carbocycles. The number of amides is 1. The Kier molecular flexibility index (Phi) is 5.49. The van der Waals surface area contributed by atoms with E-state index in [1.165, 1.54) is 18.2 Å². The second kappa shape index (κ2) is 7.56. The molecule has 0 aliphatic rings. The van der Waals surface area contributed by atoms with Crippen LogP contribution in [-0.2, 0) is 4.79 Å². The van der Waals surface area contributed by atoms with Crippen molar-refractivity contribution in [1.29, 1.82) is 0 Å². The van der Waals surface area contributed by atoms with Gasteiger partial charge in [0.25, 0.3) is 5.91 Å². The first-order valence-corrected chi connectivity index (χ1v) is 6.94. The van der Waals surface area contributed by atoms with E-state index in [-0.39, 0.29) is 10.6 Å². The summed E-state index contributed by atoms with van der Waals surface area (Å²) < 4.78 is 18.9. The first-order chi connectivity index (χ1) is 10.6. The van der Waals surface area contributed by atoms with Gasteiger partial charge in [0.05, 0.1) is 11.2 Å². The quantitative estimate of drug-likeness (QED) is 0.678. The summed E-state index contributed by atoms with van der Waals surface area (Å²) in [5.74, 6) is -0.391. The summed E-state index contributed by atoms with van der Waals surface area (Å²) in [7, 11) is 0. The van der Waals surface area contributed by atoms with Crippen molar-refractivity contribution in [2.75, 3.05) is 0 Å². The fourth-order valence-corrected chi connectivity index (χ4v) is 1.85. The number of hydrogen-bond acceptors (Lipinski definition) is 3. The third-order valence-corrected chi connectivity index (χ3v) is 3.12. The molecule has 0 bridgehead atoms. The number of halogens is 2. The summed E-state index contributed by atoms with van der Waals surface area (Å²) in [5, 5.41) is 3.91. The largest absolute Gasteiger partial charge is 0.481 e. The summed E-state index contributed by atoms with van der Waals surface area (Å²) in [6, 6.07) is 13.2. The predicted molar refractivity (Wildman–Crippen MR) is 83.7 cm³/mol. The van der Waals surface area contributed by atoms with Gasteiger partial charge in [-0.25, -0.2) is 9.82 Å². The maximum absolute atomic E-state index is 13.5. The zero-order valence-electron chi connectivity index (χ0n) is 11.8. The zero-order chi connectivity index (χ0) is 15.9. The van der Waals surface area contributed by atoms with E-state index in [4.69, 9.17) is 16.3 Å². The first kappa shape index (κ1) is 16.0. The SMILES string of the molecule is CC(Oc1ccccc1)C(=O)N/N=C/c1c(F)cccc1Cl. The molecule has 1 atom stereocenters. The van der Waals surface area contributed by atoms with E-state index in [1.54, 1.807) is 31.2 Å². The van der Waals surface area contributed by atoms with Gasteiger partial charge in [-0.05, 0) is 31.2 Å². The maximum atomic E-state index is 13.5. The van der Waals surface area contributed by atoms with Crippen LogP contribution in [0.5, 0.6) is 5.75 Å². The van der Waals surface area contributed by atoms with Crippen LogP contribution in [0.1, 0.15) is 12.5 Å². The van der Waals surface area contributed by atoms with E-state index in [1.807, 2.05) is 6.07 Å². The van der Waals surface area contributed by atoms with Crippen LogP contribution < -0.4 is 10.2 Å². The molecule has 2 aromatic rings. The van der Waals surface area contributed by atoms with Gasteiger partial charge in [-0.3, -0.25) is 4.79 Å². The number of carbonyl (C=O) groups is 1. The standard InChI is InChI=1S/C16H14ClFN2O2/c1-11(22-12-6-3-2-4-7-12)16(21)20-19-10-13-14(17)8-5-9-15(13)18/h2-11H,1H3,(H,20,21)/b19-10+. The van der Waals surface area contributed by atoms with Crippen LogP contribution in [0.4, 0.5) is 4.39 Å². The molecule has 114 valence electrons. The number of benzene rings is 2. The van der Waals surface area contributed by atoms with Crippen LogP contribution in [0.3, 0.4) is 0 Å². The van der Waals surface area contributed by atoms with E-state index in [9.17, 15) is 9.18 Å². The minimum absolute atomic E-state index is 0.112. The van der Waals surface area contributed by atoms with E-state index in [2.05, 4.69) is 10.5 Å². The number of nitrogens with zero attached hydrogens (tertiary/aromatic N) is 1. The molecule has 2 rings (SSSR count). The fraction of sp³-hybridized carbons (Fsp3) is 0.125. The average molecular weight is 321 g/mol. The molecule has 4 nitrogen and oxygen atoms in total. The van der Waals surface area contributed by atoms with Crippen LogP contribution in [0.25, 0.3) is 0 Å². The van der Waals surface area contributed by atoms with Crippen molar-refractivity contribution in [3.63, 3.8) is 0 Å². The van der Waals surface area contributed by atoms with Gasteiger partial charge >= 0.3 is 0 Å². The number of hydrogen-bond donors (Lipinski definition) is 1. The van der Waals surface area contributed by atoms with E-state index < -0.39 is 17.8 Å². The van der Waals surface area contributed by atoms with Gasteiger partial charge in [-0.2, -0.15) is 5.10 Å². The Balaban J connectivity index is 1.93. The van der Waals surface area contributed by atoms with Crippen LogP contribution in [0, 0.1) is 5.82 Å². The number of nitrogens with one attached hydrogen (secondary N) is 1. The average Bonchev–Trinajstić information content (AvgIpc) is 2.51. The normalized spacial score (nSPS) is 12.1. The Morgan fingerprint density at radius 1 is 1.27 bits per heavy atom. The molecular weight excluding hydrogens is 307 g/mol. The Hall–Kier alpha value is -2.40. The van der Waals surface area contributed by atoms with Crippen LogP contribution in [0.2, 0.25) is 5.02 Å². The molecule has 22 heavy (non-hydrogen) atoms. The highest BCUT2D eigenvalue weighted by Crippen LogP contribution is 2.16. The number of hydrazone groups is 1. The minimum Gasteiger partial charge on any atom is -0.481 e. The Morgan fingerprint density at radius 3 is 2.68 bits per heavy atom. The van der Waals surface area contributed by atoms with Crippen molar-refractivity contribution in [3.8, 4) is 5.75 Å². The molecule has 2 aromatic carbocycles. The van der Waals surface area contributed by atoms with Crippen LogP contribution in [-0.4, -0.2) is 18.2 Å². The molecule has 0 radical (unpaired) electrons. The number of rotatable bonds is 5. The van der Waals surface area contributed by atoms with Gasteiger partial charge in [-0.15, -0.1) is 0 Å². The van der Waals surface area contributed by atoms with Crippen molar-refractivity contribution in [1.82, 2.24) is 5.43 Å². The first-order valence-electron chi connectivity index (χ1n) is 6.56. The molecule has 1 N–H and O–H groups in total. The third kappa shape index (κ3) is 4.30. The number of para-hydroxylation sites is 1. The van der Waals surface area contributed by atoms with Gasteiger partial charge in [0, 0.05) is 5.56 Å². The van der Waals surface area contributed by atoms with Gasteiger partial charge in [0.2, 0.25) is 0 Å². The maximum Gasteiger partial charge on any atom is 0.280 e. The summed E-state index contributed by atoms with van der Waals surface area (Å²) in [6.07, 6.45) is 0.417. The van der Waals surface area contributed by atoms with Crippen molar-refractivity contribution >= 4 is 23.7 Å². The van der Waals surface area contributed by atoms with Crippen molar-refractivity contribution in [3.05, 3.63) is 64.9 Å². The molecule has 0 aromatic heterocycles. The number of ether oxygens (including phenoxy) is 1. The molecule has 0 fully saturated rings. The lowest BCUT2D eigenvalue weighted by atomic mass is 10.2. The highest BCUT2D eigenvalue weighted by atomic mass is 35.5. The smallest absolute Gasteiger partial charge is 0.280 e. The zero-order valence-corrected chi connectivity index (χ0v) is 12.5. The summed E-state index contributed by atoms with van der Waals surface area (Å²) in [6.45, 7) is 1.59. The Morgan fingerprint density at radius 2 is 2.00 bits per heavy atom. The molecule has 0 spiro atoms. The minimum atomic E-state index is -0.740. The van der Waals surface area contributed by atoms with Crippen molar-refractivity contribution in [2.45, 2.75) is 13.0 Å². The fourth-order valence-electron chi connectivity index (χ4n) is 1.64. The van der Waals surface area contributed by atoms with Crippen molar-refractivity contribution in [2.24, 2.45) is 5.10 Å². The van der Waals surface area contributed by atoms with Gasteiger partial charge in [-0.1, -0.05) is 35.9 Å². The molecule has 1 unspecified atom stereocenters. The van der Waals surface area contributed by atoms with E-state index in [0.29, 0.717) is 5.75 Å². The highest BCUT2D eigenvalue weighted by molar-refractivity contribution is 6.33. The lowest BCUT2D eigenvalue weighted by Crippen LogP contribution is -2.33. The summed E-state index contributed by atoms with van der Waals surface area (Å²) in [4.78, 5) is 11.8. The highest BCUT2D eigenvalue weighted by Gasteiger charge is 2.13. The molecule has 1 amide bonds. The number of carbonyl (C=O) groups excluding carboxylic acids is 1. The summed E-state index contributed by atoms with van der Waals surface area (Å²) >= 11 is 5.85. The molecule has 0 aliphatic carbocycles. The van der Waals surface area contributed by atoms with Crippen molar-refractivity contribution < 1.29 is 13.9 Å². The third-order valence-electron chi connectivity index (χ3n) is 2.79. The lowest BCUT2D eigenvalue weighted by molar-refractivity contribution is -0.127. The molecule has 0 heterocycles. The van der Waals surface area contributed by atoms with Crippen LogP contribution >= 0.6 is 11.6 Å². The van der Waals surface area contributed by atoms with Gasteiger partial charge in [0.15, 0.2) is 6.10 Å². The Bertz CT molecular complexity index is 657. The summed E-state index contributed by atoms with van der Waals surface area (Å²) in [5.41, 5.74) is 2.40.